The molecule has 1 saturated heterocycles. The van der Waals surface area contributed by atoms with Crippen LogP contribution in [0.2, 0.25) is 5.02 Å². The number of H-pyrrole nitrogens is 1. The van der Waals surface area contributed by atoms with Crippen molar-refractivity contribution < 1.29 is 23.9 Å². The molecule has 8 nitrogen and oxygen atoms in total. The van der Waals surface area contributed by atoms with Crippen LogP contribution in [0.1, 0.15) is 45.6 Å². The Labute approximate surface area is 278 Å². The van der Waals surface area contributed by atoms with Gasteiger partial charge in [-0.15, -0.1) is 11.8 Å². The molecule has 0 radical (unpaired) electrons. The molecule has 7 atom stereocenters. The fourth-order valence-electron chi connectivity index (χ4n) is 8.12. The second kappa shape index (κ2) is 11.4. The molecule has 2 bridgehead atoms. The number of aromatic amines is 1. The van der Waals surface area contributed by atoms with E-state index in [1.807, 2.05) is 36.4 Å². The zero-order valence-corrected chi connectivity index (χ0v) is 27.1. The van der Waals surface area contributed by atoms with Gasteiger partial charge < -0.3 is 14.5 Å². The van der Waals surface area contributed by atoms with Crippen molar-refractivity contribution in [2.45, 2.75) is 36.1 Å². The first-order chi connectivity index (χ1) is 22.3. The molecule has 2 saturated carbocycles. The maximum atomic E-state index is 14.1. The highest BCUT2D eigenvalue weighted by Gasteiger charge is 2.69. The van der Waals surface area contributed by atoms with Crippen molar-refractivity contribution in [2.75, 3.05) is 11.5 Å². The summed E-state index contributed by atoms with van der Waals surface area (Å²) in [6.45, 7) is 2.42. The lowest BCUT2D eigenvalue weighted by Crippen LogP contribution is -2.42. The van der Waals surface area contributed by atoms with Gasteiger partial charge >= 0.3 is 10.8 Å². The fourth-order valence-corrected chi connectivity index (χ4v) is 11.1. The van der Waals surface area contributed by atoms with E-state index in [4.69, 9.17) is 21.1 Å². The Morgan fingerprint density at radius 3 is 2.33 bits per heavy atom. The van der Waals surface area contributed by atoms with E-state index >= 15 is 0 Å². The summed E-state index contributed by atoms with van der Waals surface area (Å²) in [5.41, 5.74) is 2.93. The summed E-state index contributed by atoms with van der Waals surface area (Å²) in [5, 5.41) is 1.64. The number of hydrogen-bond acceptors (Lipinski definition) is 8. The van der Waals surface area contributed by atoms with E-state index in [1.165, 1.54) is 16.2 Å². The third kappa shape index (κ3) is 4.72. The number of benzene rings is 3. The number of fused-ring (bicyclic) bond motifs is 9. The van der Waals surface area contributed by atoms with Crippen molar-refractivity contribution >= 4 is 58.2 Å². The van der Waals surface area contributed by atoms with Crippen molar-refractivity contribution in [3.05, 3.63) is 109 Å². The number of thiazole rings is 1. The van der Waals surface area contributed by atoms with Gasteiger partial charge in [0.05, 0.1) is 34.7 Å². The van der Waals surface area contributed by atoms with Crippen LogP contribution in [0.25, 0.3) is 0 Å². The largest absolute Gasteiger partial charge is 0.489 e. The van der Waals surface area contributed by atoms with E-state index in [0.29, 0.717) is 22.9 Å². The van der Waals surface area contributed by atoms with Crippen LogP contribution in [0.15, 0.2) is 82.6 Å². The van der Waals surface area contributed by atoms with E-state index in [-0.39, 0.29) is 52.2 Å². The summed E-state index contributed by atoms with van der Waals surface area (Å²) in [5.74, 6) is -0.820. The van der Waals surface area contributed by atoms with Crippen LogP contribution in [0.4, 0.5) is 5.69 Å². The number of imide groups is 1. The Balaban J connectivity index is 1.08. The average Bonchev–Trinajstić information content (AvgIpc) is 3.80. The lowest BCUT2D eigenvalue weighted by Gasteiger charge is -2.43. The number of aromatic nitrogens is 1. The highest BCUT2D eigenvalue weighted by molar-refractivity contribution is 8.00. The predicted molar refractivity (Wildman–Crippen MR) is 176 cm³/mol. The predicted octanol–water partition coefficient (Wildman–Crippen LogP) is 6.52. The molecule has 8 rings (SSSR count). The summed E-state index contributed by atoms with van der Waals surface area (Å²) in [4.78, 5) is 58.0. The Morgan fingerprint density at radius 2 is 1.63 bits per heavy atom. The summed E-state index contributed by atoms with van der Waals surface area (Å²) < 4.78 is 11.1. The molecule has 3 heterocycles. The van der Waals surface area contributed by atoms with Gasteiger partial charge in [0.2, 0.25) is 11.8 Å². The Hall–Kier alpha value is -3.86. The molecule has 1 aromatic heterocycles. The first kappa shape index (κ1) is 29.5. The number of thioether (sulfide) groups is 1. The maximum absolute atomic E-state index is 14.1. The van der Waals surface area contributed by atoms with Gasteiger partial charge in [-0.25, -0.2) is 4.79 Å². The lowest BCUT2D eigenvalue weighted by atomic mass is 9.68. The molecule has 234 valence electrons. The van der Waals surface area contributed by atoms with E-state index in [1.54, 1.807) is 43.0 Å². The van der Waals surface area contributed by atoms with Crippen LogP contribution in [0.3, 0.4) is 0 Å². The Morgan fingerprint density at radius 1 is 0.935 bits per heavy atom. The van der Waals surface area contributed by atoms with Gasteiger partial charge in [-0.3, -0.25) is 19.3 Å². The van der Waals surface area contributed by atoms with Gasteiger partial charge in [0, 0.05) is 21.1 Å². The van der Waals surface area contributed by atoms with E-state index < -0.39 is 17.8 Å². The number of ether oxygens (including phenoxy) is 2. The molecule has 4 aliphatic rings. The van der Waals surface area contributed by atoms with E-state index in [2.05, 4.69) is 17.1 Å². The molecule has 4 aromatic rings. The van der Waals surface area contributed by atoms with Gasteiger partial charge in [-0.1, -0.05) is 47.2 Å². The minimum Gasteiger partial charge on any atom is -0.489 e. The standard InChI is InChI=1S/C35H29ClN2O6S2/c1-2-43-34(41)19-5-11-21(12-6-19)38-32(39)27-23-15-24(28(27)33(38)40)29-26(23)25(30-31(45-29)37-35(42)46-30)18-7-13-22(14-8-18)44-16-17-3-9-20(36)10-4-17/h3-14,23-29H,2,15-16H2,1H3,(H,37,42)/t23?,24?,25-,26?,27?,28?,29?/m1/s1. The molecule has 2 aliphatic heterocycles. The molecular formula is C35H29ClN2O6S2. The zero-order valence-electron chi connectivity index (χ0n) is 24.7. The number of carbonyl (C=O) groups excluding carboxylic acids is 3. The molecule has 2 amide bonds. The van der Waals surface area contributed by atoms with E-state index in [0.717, 1.165) is 33.2 Å². The van der Waals surface area contributed by atoms with Crippen LogP contribution in [0, 0.1) is 29.6 Å². The third-order valence-electron chi connectivity index (χ3n) is 9.92. The summed E-state index contributed by atoms with van der Waals surface area (Å²) in [6.07, 6.45) is 0.808. The molecule has 6 unspecified atom stereocenters. The first-order valence-corrected chi connectivity index (χ1v) is 17.4. The second-order valence-electron chi connectivity index (χ2n) is 12.2. The average molecular weight is 673 g/mol. The second-order valence-corrected chi connectivity index (χ2v) is 14.9. The normalized spacial score (nSPS) is 27.3. The van der Waals surface area contributed by atoms with Crippen LogP contribution < -0.4 is 14.5 Å². The topological polar surface area (TPSA) is 106 Å². The number of rotatable bonds is 7. The number of anilines is 1. The number of esters is 1. The Kier molecular flexibility index (Phi) is 7.34. The third-order valence-corrected chi connectivity index (χ3v) is 12.8. The molecule has 46 heavy (non-hydrogen) atoms. The van der Waals surface area contributed by atoms with Gasteiger partial charge in [0.1, 0.15) is 12.4 Å². The maximum Gasteiger partial charge on any atom is 0.338 e. The summed E-state index contributed by atoms with van der Waals surface area (Å²) in [7, 11) is 0. The molecule has 3 fully saturated rings. The number of nitrogens with one attached hydrogen (secondary N) is 1. The van der Waals surface area contributed by atoms with E-state index in [9.17, 15) is 19.2 Å². The molecule has 2 aliphatic carbocycles. The molecular weight excluding hydrogens is 644 g/mol. The van der Waals surface area contributed by atoms with Crippen molar-refractivity contribution in [3.63, 3.8) is 0 Å². The first-order valence-electron chi connectivity index (χ1n) is 15.3. The molecule has 11 heteroatoms. The van der Waals surface area contributed by atoms with Crippen LogP contribution >= 0.6 is 34.7 Å². The van der Waals surface area contributed by atoms with Crippen LogP contribution in [-0.4, -0.2) is 34.6 Å². The molecule has 0 spiro atoms. The van der Waals surface area contributed by atoms with Gasteiger partial charge in [0.15, 0.2) is 0 Å². The van der Waals surface area contributed by atoms with Crippen molar-refractivity contribution in [1.82, 2.24) is 4.98 Å². The Bertz CT molecular complexity index is 1900. The summed E-state index contributed by atoms with van der Waals surface area (Å²) in [6, 6.07) is 22.1. The minimum atomic E-state index is -0.443. The number of nitrogens with zero attached hydrogens (tertiary/aromatic N) is 1. The van der Waals surface area contributed by atoms with Crippen LogP contribution in [0.5, 0.6) is 5.75 Å². The van der Waals surface area contributed by atoms with Gasteiger partial charge in [0.25, 0.3) is 0 Å². The van der Waals surface area contributed by atoms with Crippen molar-refractivity contribution in [2.24, 2.45) is 29.6 Å². The smallest absolute Gasteiger partial charge is 0.338 e. The zero-order chi connectivity index (χ0) is 31.7. The minimum absolute atomic E-state index is 0.00365. The number of carbonyl (C=O) groups is 3. The number of halogens is 1. The lowest BCUT2D eigenvalue weighted by molar-refractivity contribution is -0.123. The van der Waals surface area contributed by atoms with Crippen molar-refractivity contribution in [1.29, 1.82) is 0 Å². The fraction of sp³-hybridized carbons (Fsp3) is 0.314. The quantitative estimate of drug-likeness (QED) is 0.176. The molecule has 1 N–H and O–H groups in total. The number of hydrogen-bond donors (Lipinski definition) is 1. The van der Waals surface area contributed by atoms with Gasteiger partial charge in [-0.2, -0.15) is 0 Å². The highest BCUT2D eigenvalue weighted by atomic mass is 35.5. The van der Waals surface area contributed by atoms with Gasteiger partial charge in [-0.05, 0) is 90.8 Å². The highest BCUT2D eigenvalue weighted by Crippen LogP contribution is 2.68. The molecule has 3 aromatic carbocycles. The van der Waals surface area contributed by atoms with Crippen molar-refractivity contribution in [3.8, 4) is 5.75 Å². The monoisotopic (exact) mass is 672 g/mol. The number of amides is 2. The summed E-state index contributed by atoms with van der Waals surface area (Å²) >= 11 is 8.91. The SMILES string of the molecule is CCOC(=O)c1ccc(N2C(=O)C3C4CC(C3C2=O)C2C4Sc3[nH]c(=O)sc3[C@@H]2c2ccc(OCc3ccc(Cl)cc3)cc2)cc1. The van der Waals surface area contributed by atoms with Crippen LogP contribution in [-0.2, 0) is 20.9 Å².